The highest BCUT2D eigenvalue weighted by molar-refractivity contribution is 7.89. The molecule has 8 nitrogen and oxygen atoms in total. The van der Waals surface area contributed by atoms with Crippen LogP contribution in [0.2, 0.25) is 0 Å². The number of hydrogen-bond acceptors (Lipinski definition) is 6. The lowest BCUT2D eigenvalue weighted by atomic mass is 9.97. The molecule has 2 heterocycles. The van der Waals surface area contributed by atoms with E-state index in [9.17, 15) is 17.6 Å². The standard InChI is InChI=1S/C18H17FN4O4S/c19-13-4-6-14(7-5-13)20-18(24)12-8-10-23(11-9-12)28(25,26)16-3-1-2-15-17(16)22-27-21-15/h1-7,12H,8-11H2,(H,20,24). The van der Waals surface area contributed by atoms with Gasteiger partial charge in [0.1, 0.15) is 16.2 Å². The molecule has 0 aliphatic carbocycles. The number of nitrogens with one attached hydrogen (secondary N) is 1. The molecule has 3 aromatic rings. The smallest absolute Gasteiger partial charge is 0.245 e. The van der Waals surface area contributed by atoms with Gasteiger partial charge in [-0.3, -0.25) is 4.79 Å². The van der Waals surface area contributed by atoms with E-state index in [0.29, 0.717) is 24.0 Å². The van der Waals surface area contributed by atoms with Gasteiger partial charge in [0.15, 0.2) is 5.52 Å². The molecule has 1 fully saturated rings. The van der Waals surface area contributed by atoms with Crippen molar-refractivity contribution in [2.45, 2.75) is 17.7 Å². The van der Waals surface area contributed by atoms with Gasteiger partial charge in [0.05, 0.1) is 0 Å². The number of nitrogens with zero attached hydrogens (tertiary/aromatic N) is 3. The first-order chi connectivity index (χ1) is 13.4. The van der Waals surface area contributed by atoms with E-state index >= 15 is 0 Å². The molecule has 1 aromatic heterocycles. The summed E-state index contributed by atoms with van der Waals surface area (Å²) in [5.41, 5.74) is 1.07. The highest BCUT2D eigenvalue weighted by Gasteiger charge is 2.33. The minimum Gasteiger partial charge on any atom is -0.326 e. The molecule has 1 N–H and O–H groups in total. The largest absolute Gasteiger partial charge is 0.326 e. The molecular formula is C18H17FN4O4S. The molecule has 1 amide bonds. The van der Waals surface area contributed by atoms with Gasteiger partial charge in [-0.05, 0) is 59.6 Å². The molecule has 0 spiro atoms. The molecule has 2 aromatic carbocycles. The highest BCUT2D eigenvalue weighted by atomic mass is 32.2. The Hall–Kier alpha value is -2.85. The number of hydrogen-bond donors (Lipinski definition) is 1. The van der Waals surface area contributed by atoms with E-state index in [-0.39, 0.29) is 41.1 Å². The molecule has 1 saturated heterocycles. The number of sulfonamides is 1. The number of rotatable bonds is 4. The normalized spacial score (nSPS) is 16.3. The maximum absolute atomic E-state index is 13.0. The Morgan fingerprint density at radius 2 is 1.82 bits per heavy atom. The fraction of sp³-hybridized carbons (Fsp3) is 0.278. The minimum atomic E-state index is -3.77. The molecule has 0 atom stereocenters. The predicted molar refractivity (Wildman–Crippen MR) is 98.3 cm³/mol. The number of anilines is 1. The molecule has 1 aliphatic rings. The molecule has 0 bridgehead atoms. The van der Waals surface area contributed by atoms with E-state index in [1.165, 1.54) is 34.6 Å². The molecular weight excluding hydrogens is 387 g/mol. The number of fused-ring (bicyclic) bond motifs is 1. The maximum atomic E-state index is 13.0. The van der Waals surface area contributed by atoms with Crippen LogP contribution in [0.4, 0.5) is 10.1 Å². The van der Waals surface area contributed by atoms with Crippen LogP contribution in [0.3, 0.4) is 0 Å². The van der Waals surface area contributed by atoms with E-state index < -0.39 is 10.0 Å². The zero-order valence-corrected chi connectivity index (χ0v) is 15.5. The van der Waals surface area contributed by atoms with Gasteiger partial charge in [-0.2, -0.15) is 4.31 Å². The molecule has 10 heteroatoms. The fourth-order valence-corrected chi connectivity index (χ4v) is 4.87. The first-order valence-electron chi connectivity index (χ1n) is 8.73. The third kappa shape index (κ3) is 3.48. The summed E-state index contributed by atoms with van der Waals surface area (Å²) < 4.78 is 44.9. The van der Waals surface area contributed by atoms with Crippen LogP contribution in [0.5, 0.6) is 0 Å². The van der Waals surface area contributed by atoms with Gasteiger partial charge < -0.3 is 5.32 Å². The number of halogens is 1. The first kappa shape index (κ1) is 18.5. The Morgan fingerprint density at radius 3 is 2.54 bits per heavy atom. The molecule has 0 unspecified atom stereocenters. The van der Waals surface area contributed by atoms with E-state index in [2.05, 4.69) is 20.3 Å². The van der Waals surface area contributed by atoms with Gasteiger partial charge >= 0.3 is 0 Å². The van der Waals surface area contributed by atoms with Crippen LogP contribution in [0, 0.1) is 11.7 Å². The summed E-state index contributed by atoms with van der Waals surface area (Å²) in [5.74, 6) is -0.902. The van der Waals surface area contributed by atoms with Crippen molar-refractivity contribution in [2.24, 2.45) is 5.92 Å². The van der Waals surface area contributed by atoms with Crippen LogP contribution in [-0.4, -0.2) is 42.0 Å². The van der Waals surface area contributed by atoms with E-state index in [0.717, 1.165) is 0 Å². The van der Waals surface area contributed by atoms with Crippen molar-refractivity contribution in [1.82, 2.24) is 14.6 Å². The number of carbonyl (C=O) groups excluding carboxylic acids is 1. The molecule has 0 saturated carbocycles. The fourth-order valence-electron chi connectivity index (χ4n) is 3.26. The molecule has 4 rings (SSSR count). The average Bonchev–Trinajstić information content (AvgIpc) is 3.18. The number of piperidine rings is 1. The summed E-state index contributed by atoms with van der Waals surface area (Å²) in [6, 6.07) is 10.2. The number of benzene rings is 2. The van der Waals surface area contributed by atoms with E-state index in [1.807, 2.05) is 0 Å². The zero-order valence-electron chi connectivity index (χ0n) is 14.7. The number of aromatic nitrogens is 2. The third-order valence-corrected chi connectivity index (χ3v) is 6.73. The van der Waals surface area contributed by atoms with Crippen LogP contribution in [0.1, 0.15) is 12.8 Å². The van der Waals surface area contributed by atoms with Crippen LogP contribution in [0.25, 0.3) is 11.0 Å². The van der Waals surface area contributed by atoms with Crippen molar-refractivity contribution in [3.05, 3.63) is 48.3 Å². The van der Waals surface area contributed by atoms with Gasteiger partial charge in [0, 0.05) is 24.7 Å². The van der Waals surface area contributed by atoms with Crippen LogP contribution < -0.4 is 5.32 Å². The van der Waals surface area contributed by atoms with E-state index in [1.54, 1.807) is 12.1 Å². The topological polar surface area (TPSA) is 105 Å². The third-order valence-electron chi connectivity index (χ3n) is 4.80. The van der Waals surface area contributed by atoms with Crippen molar-refractivity contribution < 1.29 is 22.2 Å². The molecule has 146 valence electrons. The lowest BCUT2D eigenvalue weighted by Gasteiger charge is -2.30. The average molecular weight is 404 g/mol. The van der Waals surface area contributed by atoms with Crippen molar-refractivity contribution in [3.63, 3.8) is 0 Å². The van der Waals surface area contributed by atoms with Gasteiger partial charge in [-0.1, -0.05) is 6.07 Å². The summed E-state index contributed by atoms with van der Waals surface area (Å²) in [6.45, 7) is 0.428. The summed E-state index contributed by atoms with van der Waals surface area (Å²) in [4.78, 5) is 12.5. The minimum absolute atomic E-state index is 0.0421. The van der Waals surface area contributed by atoms with Crippen molar-refractivity contribution >= 4 is 32.7 Å². The first-order valence-corrected chi connectivity index (χ1v) is 10.2. The highest BCUT2D eigenvalue weighted by Crippen LogP contribution is 2.28. The SMILES string of the molecule is O=C(Nc1ccc(F)cc1)C1CCN(S(=O)(=O)c2cccc3nonc23)CC1. The molecule has 28 heavy (non-hydrogen) atoms. The lowest BCUT2D eigenvalue weighted by Crippen LogP contribution is -2.41. The van der Waals surface area contributed by atoms with Crippen LogP contribution in [-0.2, 0) is 14.8 Å². The Bertz CT molecular complexity index is 1110. The summed E-state index contributed by atoms with van der Waals surface area (Å²) in [6.07, 6.45) is 0.776. The zero-order chi connectivity index (χ0) is 19.7. The van der Waals surface area contributed by atoms with Gasteiger partial charge in [0.2, 0.25) is 15.9 Å². The number of amides is 1. The van der Waals surface area contributed by atoms with E-state index in [4.69, 9.17) is 0 Å². The Balaban J connectivity index is 1.44. The second-order valence-corrected chi connectivity index (χ2v) is 8.47. The van der Waals surface area contributed by atoms with Gasteiger partial charge in [-0.25, -0.2) is 17.4 Å². The molecule has 1 aliphatic heterocycles. The predicted octanol–water partition coefficient (Wildman–Crippen LogP) is 2.40. The summed E-state index contributed by atoms with van der Waals surface area (Å²) in [7, 11) is -3.77. The lowest BCUT2D eigenvalue weighted by molar-refractivity contribution is -0.120. The monoisotopic (exact) mass is 404 g/mol. The summed E-state index contributed by atoms with van der Waals surface area (Å²) >= 11 is 0. The van der Waals surface area contributed by atoms with Gasteiger partial charge in [-0.15, -0.1) is 0 Å². The molecule has 0 radical (unpaired) electrons. The van der Waals surface area contributed by atoms with Gasteiger partial charge in [0.25, 0.3) is 0 Å². The Kier molecular flexibility index (Phi) is 4.82. The van der Waals surface area contributed by atoms with Crippen molar-refractivity contribution in [2.75, 3.05) is 18.4 Å². The maximum Gasteiger partial charge on any atom is 0.245 e. The summed E-state index contributed by atoms with van der Waals surface area (Å²) in [5, 5.41) is 10.1. The second-order valence-electron chi connectivity index (χ2n) is 6.56. The Morgan fingerprint density at radius 1 is 1.11 bits per heavy atom. The quantitative estimate of drug-likeness (QED) is 0.716. The Labute approximate surface area is 160 Å². The number of carbonyl (C=O) groups is 1. The van der Waals surface area contributed by atoms with Crippen molar-refractivity contribution in [1.29, 1.82) is 0 Å². The van der Waals surface area contributed by atoms with Crippen molar-refractivity contribution in [3.8, 4) is 0 Å². The van der Waals surface area contributed by atoms with Crippen LogP contribution >= 0.6 is 0 Å². The second kappa shape index (κ2) is 7.28. The van der Waals surface area contributed by atoms with Crippen LogP contribution in [0.15, 0.2) is 52.0 Å².